The number of carboxylic acid groups (broad SMARTS) is 2. The molecule has 0 atom stereocenters. The number of halogens is 2. The van der Waals surface area contributed by atoms with Crippen LogP contribution in [-0.4, -0.2) is 15.2 Å². The fourth-order valence-corrected chi connectivity index (χ4v) is 0.0833. The molecule has 0 aliphatic rings. The summed E-state index contributed by atoms with van der Waals surface area (Å²) in [4.78, 5) is 19.7. The monoisotopic (exact) mass is 304 g/mol. The van der Waals surface area contributed by atoms with Crippen molar-refractivity contribution in [3.05, 3.63) is 0 Å². The topological polar surface area (TPSA) is 80.3 Å². The minimum absolute atomic E-state index is 0. The van der Waals surface area contributed by atoms with E-state index in [0.717, 1.165) is 0 Å². The van der Waals surface area contributed by atoms with Crippen molar-refractivity contribution in [3.8, 4) is 0 Å². The van der Waals surface area contributed by atoms with Gasteiger partial charge in [0.1, 0.15) is 0 Å². The van der Waals surface area contributed by atoms with Gasteiger partial charge in [0.25, 0.3) is 0 Å². The van der Waals surface area contributed by atoms with Crippen molar-refractivity contribution in [1.29, 1.82) is 0 Å². The van der Waals surface area contributed by atoms with Crippen LogP contribution in [0.1, 0.15) is 0 Å². The van der Waals surface area contributed by atoms with E-state index in [4.69, 9.17) is 0 Å². The third-order valence-corrected chi connectivity index (χ3v) is 1.81. The summed E-state index contributed by atoms with van der Waals surface area (Å²) in [5, 5.41) is 19.7. The molecule has 0 aliphatic carbocycles. The van der Waals surface area contributed by atoms with Gasteiger partial charge >= 0.3 is 59.1 Å². The Balaban J connectivity index is -0.000000320. The number of rotatable bonds is 2. The van der Waals surface area contributed by atoms with Crippen LogP contribution in [0.5, 0.6) is 0 Å². The molecule has 0 N–H and O–H groups in total. The summed E-state index contributed by atoms with van der Waals surface area (Å²) in [5.74, 6) is -3.61. The number of aliphatic carboxylic acids is 2. The molecule has 0 saturated carbocycles. The Labute approximate surface area is 124 Å². The molecule has 0 spiro atoms. The molecule has 11 heavy (non-hydrogen) atoms. The summed E-state index contributed by atoms with van der Waals surface area (Å²) >= 11 is 4.61. The molecule has 0 aromatic rings. The van der Waals surface area contributed by atoms with Crippen LogP contribution in [0.15, 0.2) is 0 Å². The fraction of sp³-hybridized carbons (Fsp3) is 0.333. The van der Waals surface area contributed by atoms with Crippen LogP contribution in [0.2, 0.25) is 0 Å². The molecular formula is C3Br2Na2O4. The maximum absolute atomic E-state index is 9.84. The van der Waals surface area contributed by atoms with Gasteiger partial charge in [0.05, 0.1) is 11.9 Å². The Morgan fingerprint density at radius 2 is 1.18 bits per heavy atom. The van der Waals surface area contributed by atoms with Gasteiger partial charge in [-0.1, -0.05) is 31.9 Å². The standard InChI is InChI=1S/C3H2Br2O4.2Na/c4-3(5,1(6)7)2(8)9;;/h(H,6,7)(H,8,9);;/q;2*+1/p-2. The second-order valence-electron chi connectivity index (χ2n) is 1.15. The first kappa shape index (κ1) is 18.6. The van der Waals surface area contributed by atoms with Crippen LogP contribution in [0.3, 0.4) is 0 Å². The van der Waals surface area contributed by atoms with Gasteiger partial charge in [-0.2, -0.15) is 0 Å². The average Bonchev–Trinajstić information content (AvgIpc) is 1.65. The van der Waals surface area contributed by atoms with Crippen molar-refractivity contribution in [2.45, 2.75) is 3.23 Å². The smallest absolute Gasteiger partial charge is 0.547 e. The molecule has 0 saturated heterocycles. The number of alkyl halides is 2. The Bertz CT molecular complexity index is 143. The summed E-state index contributed by atoms with van der Waals surface area (Å²) in [6.45, 7) is 0. The van der Waals surface area contributed by atoms with Gasteiger partial charge in [-0.3, -0.25) is 0 Å². The second-order valence-corrected chi connectivity index (χ2v) is 4.59. The van der Waals surface area contributed by atoms with Gasteiger partial charge < -0.3 is 19.8 Å². The van der Waals surface area contributed by atoms with Crippen molar-refractivity contribution in [3.63, 3.8) is 0 Å². The van der Waals surface area contributed by atoms with Gasteiger partial charge in [0, 0.05) is 0 Å². The first-order chi connectivity index (χ1) is 3.89. The molecule has 8 heteroatoms. The number of hydrogen-bond donors (Lipinski definition) is 0. The molecule has 0 fully saturated rings. The SMILES string of the molecule is O=C([O-])C(Br)(Br)C(=O)[O-].[Na+].[Na+]. The molecule has 0 unspecified atom stereocenters. The largest absolute Gasteiger partial charge is 1.00 e. The second kappa shape index (κ2) is 7.32. The summed E-state index contributed by atoms with van der Waals surface area (Å²) in [5.41, 5.74) is 0. The van der Waals surface area contributed by atoms with Crippen LogP contribution in [0.25, 0.3) is 0 Å². The van der Waals surface area contributed by atoms with Gasteiger partial charge in [0.15, 0.2) is 3.23 Å². The van der Waals surface area contributed by atoms with Crippen LogP contribution in [0.4, 0.5) is 0 Å². The van der Waals surface area contributed by atoms with E-state index < -0.39 is 15.2 Å². The number of carboxylic acids is 2. The first-order valence-corrected chi connectivity index (χ1v) is 3.28. The van der Waals surface area contributed by atoms with Crippen LogP contribution < -0.4 is 69.3 Å². The van der Waals surface area contributed by atoms with E-state index in [1.165, 1.54) is 0 Å². The van der Waals surface area contributed by atoms with Crippen LogP contribution in [0, 0.1) is 0 Å². The Kier molecular flexibility index (Phi) is 12.4. The Morgan fingerprint density at radius 1 is 1.00 bits per heavy atom. The number of carbonyl (C=O) groups is 2. The van der Waals surface area contributed by atoms with Crippen molar-refractivity contribution >= 4 is 43.8 Å². The van der Waals surface area contributed by atoms with Gasteiger partial charge in [0.2, 0.25) is 0 Å². The molecule has 0 heterocycles. The molecule has 0 aromatic heterocycles. The van der Waals surface area contributed by atoms with E-state index in [9.17, 15) is 19.8 Å². The Hall–Kier alpha value is 1.90. The zero-order chi connectivity index (χ0) is 7.65. The average molecular weight is 306 g/mol. The molecule has 52 valence electrons. The Morgan fingerprint density at radius 3 is 1.18 bits per heavy atom. The van der Waals surface area contributed by atoms with E-state index in [1.54, 1.807) is 0 Å². The van der Waals surface area contributed by atoms with Crippen molar-refractivity contribution in [1.82, 2.24) is 0 Å². The quantitative estimate of drug-likeness (QED) is 0.288. The number of carbonyl (C=O) groups excluding carboxylic acids is 2. The van der Waals surface area contributed by atoms with Crippen LogP contribution in [-0.2, 0) is 9.59 Å². The van der Waals surface area contributed by atoms with E-state index in [-0.39, 0.29) is 59.1 Å². The van der Waals surface area contributed by atoms with Crippen molar-refractivity contribution in [2.24, 2.45) is 0 Å². The number of hydrogen-bond acceptors (Lipinski definition) is 4. The first-order valence-electron chi connectivity index (χ1n) is 1.69. The zero-order valence-electron chi connectivity index (χ0n) is 5.89. The summed E-state index contributed by atoms with van der Waals surface area (Å²) < 4.78 is -2.26. The zero-order valence-corrected chi connectivity index (χ0v) is 13.1. The predicted octanol–water partition coefficient (Wildman–Crippen LogP) is -8.02. The normalized spacial score (nSPS) is 8.91. The maximum Gasteiger partial charge on any atom is 1.00 e. The summed E-state index contributed by atoms with van der Waals surface area (Å²) in [6, 6.07) is 0. The third kappa shape index (κ3) is 6.04. The van der Waals surface area contributed by atoms with Gasteiger partial charge in [-0.15, -0.1) is 0 Å². The molecule has 0 amide bonds. The third-order valence-electron chi connectivity index (χ3n) is 0.513. The minimum atomic E-state index is -2.26. The summed E-state index contributed by atoms with van der Waals surface area (Å²) in [6.07, 6.45) is 0. The van der Waals surface area contributed by atoms with Crippen LogP contribution >= 0.6 is 31.9 Å². The van der Waals surface area contributed by atoms with Crippen molar-refractivity contribution < 1.29 is 78.9 Å². The fourth-order valence-electron chi connectivity index (χ4n) is 0.0833. The predicted molar refractivity (Wildman–Crippen MR) is 30.6 cm³/mol. The van der Waals surface area contributed by atoms with E-state index in [1.807, 2.05) is 0 Å². The van der Waals surface area contributed by atoms with E-state index >= 15 is 0 Å². The van der Waals surface area contributed by atoms with Gasteiger partial charge in [-0.25, -0.2) is 0 Å². The van der Waals surface area contributed by atoms with Gasteiger partial charge in [-0.05, 0) is 0 Å². The molecule has 0 bridgehead atoms. The van der Waals surface area contributed by atoms with E-state index in [2.05, 4.69) is 31.9 Å². The molecule has 0 rings (SSSR count). The molecule has 0 radical (unpaired) electrons. The molecule has 4 nitrogen and oxygen atoms in total. The van der Waals surface area contributed by atoms with Crippen molar-refractivity contribution in [2.75, 3.05) is 0 Å². The maximum atomic E-state index is 9.84. The minimum Gasteiger partial charge on any atom is -0.547 e. The van der Waals surface area contributed by atoms with E-state index in [0.29, 0.717) is 0 Å². The molecular weight excluding hydrogens is 306 g/mol. The summed E-state index contributed by atoms with van der Waals surface area (Å²) in [7, 11) is 0. The molecule has 0 aliphatic heterocycles. The molecule has 0 aromatic carbocycles.